The molecule has 0 aromatic rings. The van der Waals surface area contributed by atoms with E-state index in [1.807, 2.05) is 0 Å². The summed E-state index contributed by atoms with van der Waals surface area (Å²) >= 11 is 0. The van der Waals surface area contributed by atoms with E-state index in [0.29, 0.717) is 56.1 Å². The van der Waals surface area contributed by atoms with Gasteiger partial charge in [0.2, 0.25) is 6.54 Å². The Bertz CT molecular complexity index is 850. The predicted octanol–water partition coefficient (Wildman–Crippen LogP) is 6.61. The Labute approximate surface area is 229 Å². The van der Waals surface area contributed by atoms with E-state index in [1.54, 1.807) is 7.11 Å². The van der Waals surface area contributed by atoms with Crippen LogP contribution in [-0.4, -0.2) is 43.4 Å². The molecule has 0 radical (unpaired) electrons. The Morgan fingerprint density at radius 3 is 1.39 bits per heavy atom. The van der Waals surface area contributed by atoms with Crippen molar-refractivity contribution in [2.75, 3.05) is 20.3 Å². The zero-order valence-corrected chi connectivity index (χ0v) is 23.9. The van der Waals surface area contributed by atoms with E-state index in [9.17, 15) is 9.59 Å². The largest absolute Gasteiger partial charge is 0.459 e. The molecular formula is C32H49NO5. The van der Waals surface area contributed by atoms with Crippen molar-refractivity contribution in [2.45, 2.75) is 115 Å². The summed E-state index contributed by atoms with van der Waals surface area (Å²) in [6.45, 7) is 12.2. The van der Waals surface area contributed by atoms with Gasteiger partial charge in [-0.25, -0.2) is 6.57 Å². The minimum Gasteiger partial charge on any atom is -0.459 e. The van der Waals surface area contributed by atoms with Crippen LogP contribution in [0.5, 0.6) is 0 Å². The van der Waals surface area contributed by atoms with Gasteiger partial charge < -0.3 is 19.1 Å². The lowest BCUT2D eigenvalue weighted by Crippen LogP contribution is -2.58. The monoisotopic (exact) mass is 527 g/mol. The topological polar surface area (TPSA) is 66.2 Å². The van der Waals surface area contributed by atoms with E-state index in [-0.39, 0.29) is 23.1 Å². The Balaban J connectivity index is 0.000000155. The number of carbonyl (C=O) groups excluding carboxylic acids is 2. The summed E-state index contributed by atoms with van der Waals surface area (Å²) in [6.07, 6.45) is 15.4. The van der Waals surface area contributed by atoms with Crippen LogP contribution in [0.2, 0.25) is 0 Å². The van der Waals surface area contributed by atoms with E-state index in [2.05, 4.69) is 18.7 Å². The molecule has 0 aliphatic heterocycles. The van der Waals surface area contributed by atoms with Gasteiger partial charge in [-0.15, -0.1) is 0 Å². The number of ether oxygens (including phenoxy) is 3. The molecule has 212 valence electrons. The van der Waals surface area contributed by atoms with Crippen molar-refractivity contribution >= 4 is 11.9 Å². The molecule has 8 rings (SSSR count). The normalized spacial score (nSPS) is 43.2. The lowest BCUT2D eigenvalue weighted by atomic mass is 9.50. The molecule has 0 saturated heterocycles. The fraction of sp³-hybridized carbons (Fsp3) is 0.906. The first-order valence-corrected chi connectivity index (χ1v) is 15.5. The van der Waals surface area contributed by atoms with Crippen LogP contribution in [0.15, 0.2) is 0 Å². The first-order chi connectivity index (χ1) is 18.2. The first kappa shape index (κ1) is 27.9. The lowest BCUT2D eigenvalue weighted by Gasteiger charge is -2.59. The molecule has 38 heavy (non-hydrogen) atoms. The van der Waals surface area contributed by atoms with Crippen LogP contribution in [0.1, 0.15) is 104 Å². The van der Waals surface area contributed by atoms with E-state index in [1.165, 1.54) is 64.2 Å². The average Bonchev–Trinajstić information content (AvgIpc) is 2.86. The SMILES string of the molecule is COCCCC(=O)OC1(C)C2CC3CC(C2)CC1C3.[C-]#[N+]CCCC(=O)OC1(C)C2CC3CC(C2)CC1C3. The summed E-state index contributed by atoms with van der Waals surface area (Å²) in [5, 5.41) is 0. The fourth-order valence-electron chi connectivity index (χ4n) is 9.83. The van der Waals surface area contributed by atoms with Gasteiger partial charge in [0.1, 0.15) is 11.2 Å². The van der Waals surface area contributed by atoms with Gasteiger partial charge >= 0.3 is 11.9 Å². The zero-order valence-electron chi connectivity index (χ0n) is 23.9. The van der Waals surface area contributed by atoms with Gasteiger partial charge in [0.05, 0.1) is 6.42 Å². The summed E-state index contributed by atoms with van der Waals surface area (Å²) in [6, 6.07) is 0. The number of nitrogens with zero attached hydrogens (tertiary/aromatic N) is 1. The van der Waals surface area contributed by atoms with Crippen molar-refractivity contribution in [3.63, 3.8) is 0 Å². The molecule has 6 heteroatoms. The number of hydrogen-bond donors (Lipinski definition) is 0. The zero-order chi connectivity index (χ0) is 26.9. The van der Waals surface area contributed by atoms with Crippen molar-refractivity contribution in [3.05, 3.63) is 11.4 Å². The van der Waals surface area contributed by atoms with Crippen LogP contribution < -0.4 is 0 Å². The maximum Gasteiger partial charge on any atom is 0.306 e. The highest BCUT2D eigenvalue weighted by Crippen LogP contribution is 2.60. The molecule has 8 fully saturated rings. The van der Waals surface area contributed by atoms with E-state index >= 15 is 0 Å². The highest BCUT2D eigenvalue weighted by molar-refractivity contribution is 5.70. The maximum atomic E-state index is 12.0. The van der Waals surface area contributed by atoms with Gasteiger partial charge in [0.25, 0.3) is 0 Å². The molecule has 8 aliphatic carbocycles. The quantitative estimate of drug-likeness (QED) is 0.192. The molecule has 8 aliphatic rings. The number of esters is 2. The third kappa shape index (κ3) is 5.65. The first-order valence-electron chi connectivity index (χ1n) is 15.5. The van der Waals surface area contributed by atoms with Gasteiger partial charge in [-0.1, -0.05) is 0 Å². The second-order valence-electron chi connectivity index (χ2n) is 14.0. The number of carbonyl (C=O) groups is 2. The second-order valence-corrected chi connectivity index (χ2v) is 14.0. The summed E-state index contributed by atoms with van der Waals surface area (Å²) in [4.78, 5) is 27.3. The van der Waals surface area contributed by atoms with Gasteiger partial charge in [-0.2, -0.15) is 0 Å². The lowest BCUT2D eigenvalue weighted by molar-refractivity contribution is -0.204. The minimum absolute atomic E-state index is 0.0213. The van der Waals surface area contributed by atoms with Crippen LogP contribution in [-0.2, 0) is 23.8 Å². The molecular weight excluding hydrogens is 478 g/mol. The number of methoxy groups -OCH3 is 1. The third-order valence-corrected chi connectivity index (χ3v) is 11.6. The van der Waals surface area contributed by atoms with Gasteiger partial charge in [0, 0.05) is 26.6 Å². The Hall–Kier alpha value is -1.61. The molecule has 0 amide bonds. The van der Waals surface area contributed by atoms with Crippen molar-refractivity contribution in [1.29, 1.82) is 0 Å². The van der Waals surface area contributed by atoms with E-state index in [0.717, 1.165) is 30.1 Å². The Kier molecular flexibility index (Phi) is 8.44. The van der Waals surface area contributed by atoms with Gasteiger partial charge in [-0.3, -0.25) is 9.59 Å². The smallest absolute Gasteiger partial charge is 0.306 e. The Morgan fingerprint density at radius 1 is 0.684 bits per heavy atom. The van der Waals surface area contributed by atoms with Crippen molar-refractivity contribution in [1.82, 2.24) is 0 Å². The molecule has 0 N–H and O–H groups in total. The van der Waals surface area contributed by atoms with Crippen molar-refractivity contribution in [2.24, 2.45) is 47.3 Å². The molecule has 0 heterocycles. The summed E-state index contributed by atoms with van der Waals surface area (Å²) < 4.78 is 16.9. The van der Waals surface area contributed by atoms with Crippen LogP contribution in [0.4, 0.5) is 0 Å². The Morgan fingerprint density at radius 2 is 1.05 bits per heavy atom. The van der Waals surface area contributed by atoms with E-state index < -0.39 is 0 Å². The van der Waals surface area contributed by atoms with Crippen LogP contribution in [0.3, 0.4) is 0 Å². The fourth-order valence-corrected chi connectivity index (χ4v) is 9.83. The molecule has 0 aromatic carbocycles. The molecule has 0 spiro atoms. The molecule has 8 saturated carbocycles. The minimum atomic E-state index is -0.206. The second kappa shape index (κ2) is 11.5. The summed E-state index contributed by atoms with van der Waals surface area (Å²) in [7, 11) is 1.67. The van der Waals surface area contributed by atoms with Crippen molar-refractivity contribution < 1.29 is 23.8 Å². The van der Waals surface area contributed by atoms with Crippen LogP contribution in [0, 0.1) is 53.9 Å². The number of rotatable bonds is 9. The van der Waals surface area contributed by atoms with Gasteiger partial charge in [0.15, 0.2) is 0 Å². The van der Waals surface area contributed by atoms with Crippen LogP contribution >= 0.6 is 0 Å². The third-order valence-electron chi connectivity index (χ3n) is 11.6. The highest BCUT2D eigenvalue weighted by Gasteiger charge is 2.58. The molecule has 0 unspecified atom stereocenters. The van der Waals surface area contributed by atoms with Crippen LogP contribution in [0.25, 0.3) is 4.85 Å². The molecule has 0 atom stereocenters. The molecule has 0 aromatic heterocycles. The standard InChI is InChI=1S/C16H23NO2.C16H26O3/c1-16(19-15(18)4-3-5-17-2)13-7-11-6-12(9-13)10-14(16)8-11;1-16(19-15(17)4-3-5-18-2)13-7-11-6-12(9-13)10-14(16)8-11/h11-14H,3-10H2,1H3;11-14H,3-10H2,1-2H3. The van der Waals surface area contributed by atoms with Gasteiger partial charge in [-0.05, 0) is 132 Å². The summed E-state index contributed by atoms with van der Waals surface area (Å²) in [5.41, 5.74) is -0.375. The maximum absolute atomic E-state index is 12.0. The average molecular weight is 528 g/mol. The van der Waals surface area contributed by atoms with Crippen molar-refractivity contribution in [3.8, 4) is 0 Å². The predicted molar refractivity (Wildman–Crippen MR) is 145 cm³/mol. The number of hydrogen-bond acceptors (Lipinski definition) is 5. The molecule has 6 nitrogen and oxygen atoms in total. The summed E-state index contributed by atoms with van der Waals surface area (Å²) in [5.74, 6) is 5.95. The highest BCUT2D eigenvalue weighted by atomic mass is 16.6. The molecule has 8 bridgehead atoms. The van der Waals surface area contributed by atoms with E-state index in [4.69, 9.17) is 20.8 Å².